The Morgan fingerprint density at radius 3 is 2.33 bits per heavy atom. The van der Waals surface area contributed by atoms with E-state index in [9.17, 15) is 4.79 Å². The van der Waals surface area contributed by atoms with E-state index in [1.54, 1.807) is 12.4 Å². The van der Waals surface area contributed by atoms with Crippen LogP contribution in [0.5, 0.6) is 0 Å². The highest BCUT2D eigenvalue weighted by molar-refractivity contribution is 5.92. The smallest absolute Gasteiger partial charge is 0.271 e. The molecule has 3 fully saturated rings. The van der Waals surface area contributed by atoms with Crippen LogP contribution >= 0.6 is 0 Å². The number of anilines is 1. The first-order valence-electron chi connectivity index (χ1n) is 9.38. The number of piperidine rings is 2. The zero-order valence-electron chi connectivity index (χ0n) is 14.2. The van der Waals surface area contributed by atoms with E-state index in [1.165, 1.54) is 38.8 Å². The van der Waals surface area contributed by atoms with Crippen molar-refractivity contribution in [2.24, 2.45) is 11.8 Å². The van der Waals surface area contributed by atoms with Gasteiger partial charge in [0, 0.05) is 19.1 Å². The number of amides is 1. The van der Waals surface area contributed by atoms with E-state index in [-0.39, 0.29) is 5.91 Å². The molecular formula is C18H27N5O. The average molecular weight is 329 g/mol. The van der Waals surface area contributed by atoms with Crippen molar-refractivity contribution in [2.45, 2.75) is 44.6 Å². The minimum Gasteiger partial charge on any atom is -0.355 e. The minimum atomic E-state index is -0.0961. The van der Waals surface area contributed by atoms with Gasteiger partial charge < -0.3 is 15.5 Å². The molecule has 24 heavy (non-hydrogen) atoms. The van der Waals surface area contributed by atoms with Gasteiger partial charge in [0.05, 0.1) is 12.4 Å². The first kappa shape index (κ1) is 15.8. The Labute approximate surface area is 143 Å². The van der Waals surface area contributed by atoms with E-state index in [0.29, 0.717) is 11.7 Å². The number of nitrogens with zero attached hydrogens (tertiary/aromatic N) is 3. The molecule has 130 valence electrons. The zero-order valence-corrected chi connectivity index (χ0v) is 14.2. The van der Waals surface area contributed by atoms with Crippen molar-refractivity contribution in [1.29, 1.82) is 0 Å². The van der Waals surface area contributed by atoms with Crippen molar-refractivity contribution in [2.75, 3.05) is 31.1 Å². The predicted octanol–water partition coefficient (Wildman–Crippen LogP) is 1.58. The highest BCUT2D eigenvalue weighted by Gasteiger charge is 2.28. The molecule has 3 heterocycles. The molecular weight excluding hydrogens is 302 g/mol. The van der Waals surface area contributed by atoms with Gasteiger partial charge in [-0.2, -0.15) is 0 Å². The highest BCUT2D eigenvalue weighted by atomic mass is 16.2. The maximum atomic E-state index is 12.0. The van der Waals surface area contributed by atoms with Gasteiger partial charge in [0.2, 0.25) is 0 Å². The largest absolute Gasteiger partial charge is 0.355 e. The second-order valence-corrected chi connectivity index (χ2v) is 7.42. The normalized spacial score (nSPS) is 23.2. The molecule has 2 N–H and O–H groups in total. The zero-order chi connectivity index (χ0) is 16.4. The molecule has 0 aromatic carbocycles. The molecule has 6 heteroatoms. The summed E-state index contributed by atoms with van der Waals surface area (Å²) in [4.78, 5) is 23.1. The van der Waals surface area contributed by atoms with E-state index in [2.05, 4.69) is 25.5 Å². The van der Waals surface area contributed by atoms with Crippen LogP contribution in [0.4, 0.5) is 5.82 Å². The second-order valence-electron chi connectivity index (χ2n) is 7.42. The van der Waals surface area contributed by atoms with E-state index in [0.717, 1.165) is 43.6 Å². The van der Waals surface area contributed by atoms with Gasteiger partial charge in [0.1, 0.15) is 11.5 Å². The molecule has 1 amide bonds. The summed E-state index contributed by atoms with van der Waals surface area (Å²) in [5, 5.41) is 6.41. The summed E-state index contributed by atoms with van der Waals surface area (Å²) in [6.45, 7) is 4.47. The van der Waals surface area contributed by atoms with Crippen LogP contribution in [0.1, 0.15) is 49.0 Å². The molecule has 0 unspecified atom stereocenters. The van der Waals surface area contributed by atoms with Crippen LogP contribution in [0.3, 0.4) is 0 Å². The number of carbonyl (C=O) groups excluding carboxylic acids is 1. The molecule has 1 aromatic heterocycles. The van der Waals surface area contributed by atoms with E-state index in [1.807, 2.05) is 0 Å². The summed E-state index contributed by atoms with van der Waals surface area (Å²) in [5.74, 6) is 2.57. The topological polar surface area (TPSA) is 70.2 Å². The Balaban J connectivity index is 1.31. The van der Waals surface area contributed by atoms with Gasteiger partial charge in [0.15, 0.2) is 0 Å². The van der Waals surface area contributed by atoms with Crippen LogP contribution in [-0.2, 0) is 0 Å². The quantitative estimate of drug-likeness (QED) is 0.878. The van der Waals surface area contributed by atoms with Crippen LogP contribution in [0.2, 0.25) is 0 Å². The monoisotopic (exact) mass is 329 g/mol. The first-order valence-corrected chi connectivity index (χ1v) is 9.38. The number of aromatic nitrogens is 2. The van der Waals surface area contributed by atoms with Crippen molar-refractivity contribution in [1.82, 2.24) is 20.6 Å². The molecule has 0 radical (unpaired) electrons. The summed E-state index contributed by atoms with van der Waals surface area (Å²) in [5.41, 5.74) is 0.426. The summed E-state index contributed by atoms with van der Waals surface area (Å²) in [6, 6.07) is 0.355. The molecule has 0 bridgehead atoms. The van der Waals surface area contributed by atoms with Gasteiger partial charge in [0.25, 0.3) is 5.91 Å². The lowest BCUT2D eigenvalue weighted by atomic mass is 9.79. The molecule has 1 aromatic rings. The van der Waals surface area contributed by atoms with Gasteiger partial charge in [-0.15, -0.1) is 0 Å². The Hall–Kier alpha value is -1.69. The fraction of sp³-hybridized carbons (Fsp3) is 0.722. The Bertz CT molecular complexity index is 557. The molecule has 0 spiro atoms. The van der Waals surface area contributed by atoms with Gasteiger partial charge in [-0.3, -0.25) is 4.79 Å². The van der Waals surface area contributed by atoms with E-state index in [4.69, 9.17) is 0 Å². The van der Waals surface area contributed by atoms with Crippen molar-refractivity contribution in [3.8, 4) is 0 Å². The van der Waals surface area contributed by atoms with Crippen molar-refractivity contribution in [3.63, 3.8) is 0 Å². The summed E-state index contributed by atoms with van der Waals surface area (Å²) in [6.07, 6.45) is 10.7. The number of hydrogen-bond acceptors (Lipinski definition) is 5. The lowest BCUT2D eigenvalue weighted by molar-refractivity contribution is 0.0945. The van der Waals surface area contributed by atoms with Crippen LogP contribution < -0.4 is 15.5 Å². The van der Waals surface area contributed by atoms with E-state index < -0.39 is 0 Å². The number of hydrogen-bond donors (Lipinski definition) is 2. The van der Waals surface area contributed by atoms with E-state index >= 15 is 0 Å². The van der Waals surface area contributed by atoms with Gasteiger partial charge in [-0.05, 0) is 63.5 Å². The molecule has 0 atom stereocenters. The molecule has 3 aliphatic rings. The van der Waals surface area contributed by atoms with Crippen LogP contribution in [-0.4, -0.2) is 48.1 Å². The molecule has 2 saturated heterocycles. The molecule has 4 rings (SSSR count). The van der Waals surface area contributed by atoms with Crippen LogP contribution in [0.25, 0.3) is 0 Å². The van der Waals surface area contributed by atoms with Crippen LogP contribution in [0.15, 0.2) is 12.4 Å². The standard InChI is InChI=1S/C18H27N5O/c24-18(22-15-1-2-15)16-11-21-17(12-20-16)23-9-5-14(6-10-23)13-3-7-19-8-4-13/h11-15,19H,1-10H2,(H,22,24). The molecule has 6 nitrogen and oxygen atoms in total. The maximum Gasteiger partial charge on any atom is 0.271 e. The SMILES string of the molecule is O=C(NC1CC1)c1cnc(N2CCC(C3CCNCC3)CC2)cn1. The molecule has 1 aliphatic carbocycles. The third-order valence-corrected chi connectivity index (χ3v) is 5.70. The van der Waals surface area contributed by atoms with Gasteiger partial charge in [-0.1, -0.05) is 0 Å². The van der Waals surface area contributed by atoms with Crippen LogP contribution in [0, 0.1) is 11.8 Å². The second kappa shape index (κ2) is 7.05. The molecule has 2 aliphatic heterocycles. The van der Waals surface area contributed by atoms with Crippen molar-refractivity contribution < 1.29 is 4.79 Å². The maximum absolute atomic E-state index is 12.0. The fourth-order valence-corrected chi connectivity index (χ4v) is 4.00. The first-order chi connectivity index (χ1) is 11.8. The average Bonchev–Trinajstić information content (AvgIpc) is 3.47. The lowest BCUT2D eigenvalue weighted by Gasteiger charge is -2.38. The number of nitrogens with one attached hydrogen (secondary N) is 2. The highest BCUT2D eigenvalue weighted by Crippen LogP contribution is 2.31. The Morgan fingerprint density at radius 2 is 1.71 bits per heavy atom. The lowest BCUT2D eigenvalue weighted by Crippen LogP contribution is -2.39. The minimum absolute atomic E-state index is 0.0961. The third kappa shape index (κ3) is 3.69. The summed E-state index contributed by atoms with van der Waals surface area (Å²) >= 11 is 0. The van der Waals surface area contributed by atoms with Crippen molar-refractivity contribution >= 4 is 11.7 Å². The fourth-order valence-electron chi connectivity index (χ4n) is 4.00. The van der Waals surface area contributed by atoms with Gasteiger partial charge >= 0.3 is 0 Å². The number of carbonyl (C=O) groups is 1. The summed E-state index contributed by atoms with van der Waals surface area (Å²) < 4.78 is 0. The third-order valence-electron chi connectivity index (χ3n) is 5.70. The van der Waals surface area contributed by atoms with Crippen molar-refractivity contribution in [3.05, 3.63) is 18.1 Å². The molecule has 1 saturated carbocycles. The van der Waals surface area contributed by atoms with Gasteiger partial charge in [-0.25, -0.2) is 9.97 Å². The Kier molecular flexibility index (Phi) is 4.65. The Morgan fingerprint density at radius 1 is 1.00 bits per heavy atom. The number of rotatable bonds is 4. The predicted molar refractivity (Wildman–Crippen MR) is 93.1 cm³/mol. The summed E-state index contributed by atoms with van der Waals surface area (Å²) in [7, 11) is 0.